The van der Waals surface area contributed by atoms with Crippen LogP contribution in [0.4, 0.5) is 0 Å². The van der Waals surface area contributed by atoms with E-state index in [1.54, 1.807) is 0 Å². The van der Waals surface area contributed by atoms with Gasteiger partial charge in [-0.05, 0) is 19.4 Å². The molecule has 0 saturated carbocycles. The molecule has 14 heavy (non-hydrogen) atoms. The first-order valence-corrected chi connectivity index (χ1v) is 5.80. The molecule has 2 rings (SSSR count). The lowest BCUT2D eigenvalue weighted by molar-refractivity contribution is -0.0623. The van der Waals surface area contributed by atoms with Crippen molar-refractivity contribution in [1.82, 2.24) is 4.90 Å². The van der Waals surface area contributed by atoms with Crippen LogP contribution in [0, 0.1) is 5.92 Å². The van der Waals surface area contributed by atoms with Crippen molar-refractivity contribution in [3.05, 3.63) is 0 Å². The van der Waals surface area contributed by atoms with Crippen molar-refractivity contribution < 1.29 is 4.74 Å². The molecule has 0 aromatic carbocycles. The maximum absolute atomic E-state index is 6.01. The second-order valence-electron chi connectivity index (χ2n) is 4.76. The van der Waals surface area contributed by atoms with Crippen molar-refractivity contribution in [3.63, 3.8) is 0 Å². The van der Waals surface area contributed by atoms with Gasteiger partial charge in [-0.25, -0.2) is 0 Å². The van der Waals surface area contributed by atoms with Gasteiger partial charge in [-0.15, -0.1) is 0 Å². The second-order valence-corrected chi connectivity index (χ2v) is 4.76. The summed E-state index contributed by atoms with van der Waals surface area (Å²) in [6.45, 7) is 8.74. The summed E-state index contributed by atoms with van der Waals surface area (Å²) in [6.07, 6.45) is 2.32. The quantitative estimate of drug-likeness (QED) is 0.678. The Balaban J connectivity index is 1.99. The number of likely N-dealkylation sites (tertiary alicyclic amines) is 1. The Bertz CT molecular complexity index is 199. The molecule has 2 N–H and O–H groups in total. The van der Waals surface area contributed by atoms with E-state index in [0.717, 1.165) is 26.0 Å². The van der Waals surface area contributed by atoms with Crippen LogP contribution in [0.15, 0.2) is 0 Å². The largest absolute Gasteiger partial charge is 0.373 e. The van der Waals surface area contributed by atoms with Gasteiger partial charge in [0.2, 0.25) is 0 Å². The number of ether oxygens (including phenoxy) is 1. The van der Waals surface area contributed by atoms with Crippen molar-refractivity contribution in [1.29, 1.82) is 0 Å². The Kier molecular flexibility index (Phi) is 2.82. The van der Waals surface area contributed by atoms with E-state index in [9.17, 15) is 0 Å². The molecule has 1 spiro atoms. The standard InChI is InChI=1S/C11H22N2O/c1-3-13-6-4-11(5-7-13)9(2)10(12)8-14-11/h9-10H,3-8,12H2,1-2H3. The normalized spacial score (nSPS) is 37.9. The van der Waals surface area contributed by atoms with Crippen LogP contribution in [0.1, 0.15) is 26.7 Å². The van der Waals surface area contributed by atoms with Gasteiger partial charge in [-0.3, -0.25) is 0 Å². The summed E-state index contributed by atoms with van der Waals surface area (Å²) in [5, 5.41) is 0. The van der Waals surface area contributed by atoms with E-state index in [2.05, 4.69) is 18.7 Å². The molecule has 2 aliphatic rings. The van der Waals surface area contributed by atoms with Crippen molar-refractivity contribution in [3.8, 4) is 0 Å². The van der Waals surface area contributed by atoms with Gasteiger partial charge >= 0.3 is 0 Å². The topological polar surface area (TPSA) is 38.5 Å². The van der Waals surface area contributed by atoms with Crippen LogP contribution >= 0.6 is 0 Å². The Morgan fingerprint density at radius 1 is 1.43 bits per heavy atom. The average Bonchev–Trinajstić information content (AvgIpc) is 2.49. The van der Waals surface area contributed by atoms with Crippen LogP contribution in [0.2, 0.25) is 0 Å². The minimum atomic E-state index is 0.116. The van der Waals surface area contributed by atoms with E-state index < -0.39 is 0 Å². The molecular formula is C11H22N2O. The number of nitrogens with zero attached hydrogens (tertiary/aromatic N) is 1. The highest BCUT2D eigenvalue weighted by Crippen LogP contribution is 2.39. The van der Waals surface area contributed by atoms with Crippen molar-refractivity contribution >= 4 is 0 Å². The molecule has 0 aromatic heterocycles. The van der Waals surface area contributed by atoms with E-state index in [-0.39, 0.29) is 11.6 Å². The van der Waals surface area contributed by atoms with Gasteiger partial charge < -0.3 is 15.4 Å². The zero-order valence-corrected chi connectivity index (χ0v) is 9.33. The third kappa shape index (κ3) is 1.58. The summed E-state index contributed by atoms with van der Waals surface area (Å²) in [5.74, 6) is 0.529. The number of nitrogens with two attached hydrogens (primary N) is 1. The first-order chi connectivity index (χ1) is 6.68. The molecule has 0 aromatic rings. The lowest BCUT2D eigenvalue weighted by atomic mass is 9.79. The third-order valence-electron chi connectivity index (χ3n) is 4.18. The summed E-state index contributed by atoms with van der Waals surface area (Å²) >= 11 is 0. The lowest BCUT2D eigenvalue weighted by Gasteiger charge is -2.41. The number of piperidine rings is 1. The minimum Gasteiger partial charge on any atom is -0.373 e. The van der Waals surface area contributed by atoms with Gasteiger partial charge in [-0.2, -0.15) is 0 Å². The zero-order valence-electron chi connectivity index (χ0n) is 9.33. The fourth-order valence-corrected chi connectivity index (χ4v) is 2.78. The van der Waals surface area contributed by atoms with Crippen LogP contribution in [-0.4, -0.2) is 42.8 Å². The lowest BCUT2D eigenvalue weighted by Crippen LogP contribution is -2.48. The van der Waals surface area contributed by atoms with E-state index in [4.69, 9.17) is 10.5 Å². The maximum Gasteiger partial charge on any atom is 0.0748 e. The molecule has 3 heteroatoms. The van der Waals surface area contributed by atoms with Gasteiger partial charge in [0.25, 0.3) is 0 Å². The monoisotopic (exact) mass is 198 g/mol. The average molecular weight is 198 g/mol. The summed E-state index contributed by atoms with van der Waals surface area (Å²) in [6, 6.07) is 0.253. The smallest absolute Gasteiger partial charge is 0.0748 e. The van der Waals surface area contributed by atoms with Crippen molar-refractivity contribution in [2.24, 2.45) is 11.7 Å². The SMILES string of the molecule is CCN1CCC2(CC1)OCC(N)C2C. The fourth-order valence-electron chi connectivity index (χ4n) is 2.78. The first kappa shape index (κ1) is 10.4. The van der Waals surface area contributed by atoms with Crippen LogP contribution < -0.4 is 5.73 Å². The highest BCUT2D eigenvalue weighted by Gasteiger charge is 2.47. The Morgan fingerprint density at radius 2 is 2.07 bits per heavy atom. The third-order valence-corrected chi connectivity index (χ3v) is 4.18. The molecular weight excluding hydrogens is 176 g/mol. The van der Waals surface area contributed by atoms with E-state index in [0.29, 0.717) is 5.92 Å². The molecule has 2 atom stereocenters. The summed E-state index contributed by atoms with van der Waals surface area (Å²) in [7, 11) is 0. The van der Waals surface area contributed by atoms with Crippen LogP contribution in [0.3, 0.4) is 0 Å². The summed E-state index contributed by atoms with van der Waals surface area (Å²) in [4.78, 5) is 2.49. The molecule has 0 amide bonds. The van der Waals surface area contributed by atoms with Crippen LogP contribution in [0.5, 0.6) is 0 Å². The van der Waals surface area contributed by atoms with Gasteiger partial charge in [-0.1, -0.05) is 13.8 Å². The molecule has 2 aliphatic heterocycles. The fraction of sp³-hybridized carbons (Fsp3) is 1.00. The first-order valence-electron chi connectivity index (χ1n) is 5.80. The van der Waals surface area contributed by atoms with E-state index in [1.165, 1.54) is 13.1 Å². The molecule has 2 fully saturated rings. The predicted octanol–water partition coefficient (Wildman–Crippen LogP) is 0.834. The summed E-state index contributed by atoms with van der Waals surface area (Å²) in [5.41, 5.74) is 6.13. The molecule has 2 unspecified atom stereocenters. The number of hydrogen-bond donors (Lipinski definition) is 1. The molecule has 2 heterocycles. The maximum atomic E-state index is 6.01. The molecule has 3 nitrogen and oxygen atoms in total. The van der Waals surface area contributed by atoms with E-state index >= 15 is 0 Å². The van der Waals surface area contributed by atoms with Crippen molar-refractivity contribution in [2.75, 3.05) is 26.2 Å². The Hall–Kier alpha value is -0.120. The highest BCUT2D eigenvalue weighted by molar-refractivity contribution is 4.99. The second kappa shape index (κ2) is 3.80. The zero-order chi connectivity index (χ0) is 10.2. The van der Waals surface area contributed by atoms with Gasteiger partial charge in [0, 0.05) is 25.0 Å². The molecule has 0 radical (unpaired) electrons. The predicted molar refractivity (Wildman–Crippen MR) is 57.2 cm³/mol. The van der Waals surface area contributed by atoms with Gasteiger partial charge in [0.1, 0.15) is 0 Å². The minimum absolute atomic E-state index is 0.116. The molecule has 0 aliphatic carbocycles. The highest BCUT2D eigenvalue weighted by atomic mass is 16.5. The van der Waals surface area contributed by atoms with Crippen LogP contribution in [0.25, 0.3) is 0 Å². The Labute approximate surface area is 86.6 Å². The Morgan fingerprint density at radius 3 is 2.50 bits per heavy atom. The van der Waals surface area contributed by atoms with Crippen molar-refractivity contribution in [2.45, 2.75) is 38.3 Å². The summed E-state index contributed by atoms with van der Waals surface area (Å²) < 4.78 is 5.95. The molecule has 0 bridgehead atoms. The molecule has 82 valence electrons. The van der Waals surface area contributed by atoms with E-state index in [1.807, 2.05) is 0 Å². The van der Waals surface area contributed by atoms with Gasteiger partial charge in [0.05, 0.1) is 12.2 Å². The van der Waals surface area contributed by atoms with Gasteiger partial charge in [0.15, 0.2) is 0 Å². The number of rotatable bonds is 1. The molecule has 2 saturated heterocycles. The number of hydrogen-bond acceptors (Lipinski definition) is 3. The van der Waals surface area contributed by atoms with Crippen LogP contribution in [-0.2, 0) is 4.74 Å².